The fraction of sp³-hybridized carbons (Fsp3) is 0.458. The van der Waals surface area contributed by atoms with Gasteiger partial charge in [0, 0.05) is 26.1 Å². The van der Waals surface area contributed by atoms with Crippen LogP contribution in [0.1, 0.15) is 44.8 Å². The van der Waals surface area contributed by atoms with Gasteiger partial charge in [0.1, 0.15) is 5.75 Å². The summed E-state index contributed by atoms with van der Waals surface area (Å²) in [5.41, 5.74) is 6.45. The number of amides is 1. The van der Waals surface area contributed by atoms with Crippen LogP contribution in [-0.2, 0) is 32.2 Å². The van der Waals surface area contributed by atoms with Crippen molar-refractivity contribution >= 4 is 15.7 Å². The van der Waals surface area contributed by atoms with Gasteiger partial charge in [-0.2, -0.15) is 4.98 Å². The molecule has 1 saturated heterocycles. The zero-order chi connectivity index (χ0) is 25.2. The minimum absolute atomic E-state index is 0.0384. The molecule has 0 spiro atoms. The minimum Gasteiger partial charge on any atom is -0.494 e. The minimum atomic E-state index is -3.95. The van der Waals surface area contributed by atoms with Gasteiger partial charge in [0.2, 0.25) is 11.8 Å². The molecular weight excluding hydrogens is 458 g/mol. The maximum Gasteiger partial charge on any atom is 0.239 e. The normalized spacial score (nSPS) is 15.0. The number of aromatic nitrogens is 2. The summed E-state index contributed by atoms with van der Waals surface area (Å²) in [4.78, 5) is 16.4. The molecule has 1 fully saturated rings. The van der Waals surface area contributed by atoms with Crippen LogP contribution in [0, 0.1) is 0 Å². The average molecular weight is 492 g/mol. The Bertz CT molecular complexity index is 1070. The highest BCUT2D eigenvalue weighted by Crippen LogP contribution is 2.35. The number of benzene rings is 1. The number of carbonyl (C=O) groups is 1. The predicted molar refractivity (Wildman–Crippen MR) is 128 cm³/mol. The zero-order valence-electron chi connectivity index (χ0n) is 19.8. The first-order chi connectivity index (χ1) is 16.2. The van der Waals surface area contributed by atoms with E-state index in [2.05, 4.69) is 23.3 Å². The third kappa shape index (κ3) is 6.77. The molecular formula is C24H33N3O6S. The molecule has 3 rings (SSSR count). The molecule has 186 valence electrons. The summed E-state index contributed by atoms with van der Waals surface area (Å²) in [6, 6.07) is 6.01. The summed E-state index contributed by atoms with van der Waals surface area (Å²) in [5.74, 6) is 0.823. The number of carbonyl (C=O) groups excluding carboxylic acids is 1. The standard InChI is InChI=1S/C21H27N3O6S.C3H6/c1-15(2)14-18-23-19(30-24-18)4-3-11-29-16-5-7-17(8-6-16)31(26,27)21(20(22)25)9-12-28-13-10-21;1-3-2/h5-8H,1,3-4,9-14H2,2H3,(H2,22,25);3H,1H2,2H3. The fourth-order valence-corrected chi connectivity index (χ4v) is 5.35. The Morgan fingerprint density at radius 1 is 1.26 bits per heavy atom. The molecule has 0 aliphatic carbocycles. The summed E-state index contributed by atoms with van der Waals surface area (Å²) in [7, 11) is -3.95. The number of primary amides is 1. The van der Waals surface area contributed by atoms with E-state index in [9.17, 15) is 13.2 Å². The third-order valence-electron chi connectivity index (χ3n) is 5.17. The second kappa shape index (κ2) is 12.5. The molecule has 2 aromatic rings. The fourth-order valence-electron chi connectivity index (χ4n) is 3.44. The largest absolute Gasteiger partial charge is 0.494 e. The van der Waals surface area contributed by atoms with Gasteiger partial charge < -0.3 is 19.7 Å². The summed E-state index contributed by atoms with van der Waals surface area (Å²) in [6.45, 7) is 11.7. The lowest BCUT2D eigenvalue weighted by Gasteiger charge is -2.33. The summed E-state index contributed by atoms with van der Waals surface area (Å²) < 4.78 is 40.7. The van der Waals surface area contributed by atoms with E-state index in [1.54, 1.807) is 18.2 Å². The average Bonchev–Trinajstić information content (AvgIpc) is 3.24. The first-order valence-corrected chi connectivity index (χ1v) is 12.5. The Kier molecular flexibility index (Phi) is 10.0. The lowest BCUT2D eigenvalue weighted by atomic mass is 9.98. The topological polar surface area (TPSA) is 135 Å². The molecule has 9 nitrogen and oxygen atoms in total. The Balaban J connectivity index is 0.00000129. The van der Waals surface area contributed by atoms with Gasteiger partial charge in [-0.25, -0.2) is 8.42 Å². The van der Waals surface area contributed by atoms with Gasteiger partial charge in [0.25, 0.3) is 0 Å². The number of hydrogen-bond donors (Lipinski definition) is 1. The Labute approximate surface area is 200 Å². The van der Waals surface area contributed by atoms with E-state index >= 15 is 0 Å². The molecule has 1 aromatic carbocycles. The molecule has 1 aliphatic heterocycles. The van der Waals surface area contributed by atoms with Crippen LogP contribution in [0.2, 0.25) is 0 Å². The lowest BCUT2D eigenvalue weighted by molar-refractivity contribution is -0.122. The highest BCUT2D eigenvalue weighted by atomic mass is 32.2. The van der Waals surface area contributed by atoms with Crippen LogP contribution in [0.25, 0.3) is 0 Å². The number of nitrogens with two attached hydrogens (primary N) is 1. The molecule has 34 heavy (non-hydrogen) atoms. The molecule has 0 bridgehead atoms. The Morgan fingerprint density at radius 3 is 2.44 bits per heavy atom. The number of nitrogens with zero attached hydrogens (tertiary/aromatic N) is 2. The number of hydrogen-bond acceptors (Lipinski definition) is 8. The first kappa shape index (κ1) is 27.3. The maximum atomic E-state index is 13.1. The molecule has 1 amide bonds. The van der Waals surface area contributed by atoms with E-state index in [0.29, 0.717) is 43.3 Å². The van der Waals surface area contributed by atoms with Crippen LogP contribution in [0.3, 0.4) is 0 Å². The summed E-state index contributed by atoms with van der Waals surface area (Å²) >= 11 is 0. The van der Waals surface area contributed by atoms with Crippen molar-refractivity contribution in [3.05, 3.63) is 60.8 Å². The number of sulfone groups is 1. The van der Waals surface area contributed by atoms with Gasteiger partial charge in [0.05, 0.1) is 11.5 Å². The van der Waals surface area contributed by atoms with E-state index in [-0.39, 0.29) is 31.0 Å². The number of allylic oxidation sites excluding steroid dienone is 2. The number of rotatable bonds is 10. The van der Waals surface area contributed by atoms with Crippen LogP contribution in [0.4, 0.5) is 0 Å². The van der Waals surface area contributed by atoms with Crippen molar-refractivity contribution in [2.45, 2.75) is 55.6 Å². The van der Waals surface area contributed by atoms with Gasteiger partial charge >= 0.3 is 0 Å². The van der Waals surface area contributed by atoms with Crippen molar-refractivity contribution in [1.82, 2.24) is 10.1 Å². The molecule has 0 radical (unpaired) electrons. The van der Waals surface area contributed by atoms with Crippen LogP contribution in [-0.4, -0.2) is 49.0 Å². The maximum absolute atomic E-state index is 13.1. The van der Waals surface area contributed by atoms with E-state index in [0.717, 1.165) is 5.57 Å². The van der Waals surface area contributed by atoms with Crippen molar-refractivity contribution in [2.24, 2.45) is 5.73 Å². The van der Waals surface area contributed by atoms with Gasteiger partial charge in [-0.15, -0.1) is 6.58 Å². The van der Waals surface area contributed by atoms with Crippen LogP contribution < -0.4 is 10.5 Å². The quantitative estimate of drug-likeness (QED) is 0.395. The van der Waals surface area contributed by atoms with Crippen LogP contribution >= 0.6 is 0 Å². The van der Waals surface area contributed by atoms with E-state index in [1.165, 1.54) is 12.1 Å². The smallest absolute Gasteiger partial charge is 0.239 e. The number of ether oxygens (including phenoxy) is 2. The molecule has 0 atom stereocenters. The predicted octanol–water partition coefficient (Wildman–Crippen LogP) is 3.20. The Hall–Kier alpha value is -2.98. The van der Waals surface area contributed by atoms with Gasteiger partial charge in [0.15, 0.2) is 20.4 Å². The van der Waals surface area contributed by atoms with E-state index in [1.807, 2.05) is 13.8 Å². The van der Waals surface area contributed by atoms with Gasteiger partial charge in [-0.1, -0.05) is 23.4 Å². The van der Waals surface area contributed by atoms with Gasteiger partial charge in [-0.3, -0.25) is 4.79 Å². The van der Waals surface area contributed by atoms with E-state index in [4.69, 9.17) is 19.7 Å². The van der Waals surface area contributed by atoms with Crippen molar-refractivity contribution in [2.75, 3.05) is 19.8 Å². The van der Waals surface area contributed by atoms with Crippen molar-refractivity contribution in [3.63, 3.8) is 0 Å². The molecule has 0 unspecified atom stereocenters. The molecule has 2 heterocycles. The summed E-state index contributed by atoms with van der Waals surface area (Å²) in [5, 5.41) is 3.90. The molecule has 10 heteroatoms. The first-order valence-electron chi connectivity index (χ1n) is 11.0. The zero-order valence-corrected chi connectivity index (χ0v) is 20.6. The van der Waals surface area contributed by atoms with Crippen molar-refractivity contribution in [1.29, 1.82) is 0 Å². The highest BCUT2D eigenvalue weighted by Gasteiger charge is 2.51. The SMILES string of the molecule is C=C(C)Cc1noc(CCCOc2ccc(S(=O)(=O)C3(C(N)=O)CCOCC3)cc2)n1.C=CC. The Morgan fingerprint density at radius 2 is 1.88 bits per heavy atom. The van der Waals surface area contributed by atoms with Crippen molar-refractivity contribution in [3.8, 4) is 5.75 Å². The molecule has 1 aliphatic rings. The second-order valence-electron chi connectivity index (χ2n) is 8.04. The highest BCUT2D eigenvalue weighted by molar-refractivity contribution is 7.93. The van der Waals surface area contributed by atoms with E-state index < -0.39 is 20.5 Å². The van der Waals surface area contributed by atoms with Crippen molar-refractivity contribution < 1.29 is 27.2 Å². The molecule has 0 saturated carbocycles. The summed E-state index contributed by atoms with van der Waals surface area (Å²) in [6.07, 6.45) is 3.65. The van der Waals surface area contributed by atoms with Crippen LogP contribution in [0.5, 0.6) is 5.75 Å². The monoisotopic (exact) mass is 491 g/mol. The second-order valence-corrected chi connectivity index (χ2v) is 10.3. The van der Waals surface area contributed by atoms with Crippen LogP contribution in [0.15, 0.2) is 58.5 Å². The lowest BCUT2D eigenvalue weighted by Crippen LogP contribution is -2.53. The number of aryl methyl sites for hydroxylation is 1. The molecule has 1 aromatic heterocycles. The van der Waals surface area contributed by atoms with Gasteiger partial charge in [-0.05, 0) is 57.4 Å². The third-order valence-corrected chi connectivity index (χ3v) is 7.70. The molecule has 2 N–H and O–H groups in total.